The molecule has 0 aromatic heterocycles. The number of nitrogens with zero attached hydrogens (tertiary/aromatic N) is 1. The Bertz CT molecular complexity index is 1790. The van der Waals surface area contributed by atoms with Crippen molar-refractivity contribution < 1.29 is 33.0 Å². The first-order chi connectivity index (χ1) is 23.1. The molecule has 2 N–H and O–H groups in total. The van der Waals surface area contributed by atoms with Crippen LogP contribution in [0.1, 0.15) is 56.6 Å². The van der Waals surface area contributed by atoms with Crippen molar-refractivity contribution in [1.29, 1.82) is 0 Å². The fourth-order valence-electron chi connectivity index (χ4n) is 8.39. The van der Waals surface area contributed by atoms with E-state index in [2.05, 4.69) is 26.6 Å². The van der Waals surface area contributed by atoms with Crippen LogP contribution in [0.3, 0.4) is 0 Å². The molecule has 1 heterocycles. The molecule has 9 nitrogen and oxygen atoms in total. The van der Waals surface area contributed by atoms with Gasteiger partial charge in [0.1, 0.15) is 11.4 Å². The first-order valence-electron chi connectivity index (χ1n) is 16.3. The zero-order valence-corrected chi connectivity index (χ0v) is 28.0. The molecule has 0 spiro atoms. The number of urea groups is 1. The van der Waals surface area contributed by atoms with Crippen molar-refractivity contribution in [2.45, 2.75) is 50.9 Å². The summed E-state index contributed by atoms with van der Waals surface area (Å²) in [6, 6.07) is 15.4. The first-order valence-corrected chi connectivity index (χ1v) is 17.1. The highest BCUT2D eigenvalue weighted by Crippen LogP contribution is 2.60. The molecule has 5 amide bonds. The highest BCUT2D eigenvalue weighted by molar-refractivity contribution is 9.10. The highest BCUT2D eigenvalue weighted by atomic mass is 79.9. The molecule has 4 bridgehead atoms. The fourth-order valence-corrected chi connectivity index (χ4v) is 8.83. The van der Waals surface area contributed by atoms with E-state index in [1.54, 1.807) is 31.2 Å². The smallest absolute Gasteiger partial charge is 0.335 e. The number of imide groups is 2. The summed E-state index contributed by atoms with van der Waals surface area (Å²) < 4.78 is 25.1. The van der Waals surface area contributed by atoms with E-state index >= 15 is 0 Å². The van der Waals surface area contributed by atoms with E-state index < -0.39 is 29.6 Å². The van der Waals surface area contributed by atoms with Gasteiger partial charge in [0.05, 0.1) is 12.3 Å². The standard InChI is InChI=1S/C37H35BrFN3O6/c1-2-47-31-15-24(30(38)16-32(31)48-20-33(43)40-27-7-5-26(39)6-8-27)14-29-34(44)41-36(46)42(35(29)45)28-9-3-25(4-10-28)37-17-21-11-22(18-37)13-23(12-21)19-37/h3-10,14-16,21-23H,2,11-13,17-20H2,1H3,(H,40,43)(H,41,44,46)/b29-14+. The molecule has 5 fully saturated rings. The lowest BCUT2D eigenvalue weighted by Crippen LogP contribution is -2.54. The summed E-state index contributed by atoms with van der Waals surface area (Å²) in [7, 11) is 0. The van der Waals surface area contributed by atoms with Crippen molar-refractivity contribution in [3.05, 3.63) is 87.7 Å². The molecule has 4 aliphatic carbocycles. The van der Waals surface area contributed by atoms with Crippen molar-refractivity contribution in [3.8, 4) is 11.5 Å². The minimum absolute atomic E-state index is 0.176. The molecule has 0 radical (unpaired) electrons. The Hall–Kier alpha value is -4.51. The van der Waals surface area contributed by atoms with Crippen LogP contribution in [0, 0.1) is 23.6 Å². The highest BCUT2D eigenvalue weighted by Gasteiger charge is 2.51. The van der Waals surface area contributed by atoms with Crippen LogP contribution < -0.4 is 25.0 Å². The number of halogens is 2. The van der Waals surface area contributed by atoms with Gasteiger partial charge in [-0.2, -0.15) is 0 Å². The minimum Gasteiger partial charge on any atom is -0.490 e. The van der Waals surface area contributed by atoms with Crippen LogP contribution >= 0.6 is 15.9 Å². The third-order valence-electron chi connectivity index (χ3n) is 10.0. The maximum atomic E-state index is 13.7. The normalized spacial score (nSPS) is 25.3. The molecule has 11 heteroatoms. The van der Waals surface area contributed by atoms with Gasteiger partial charge in [0.15, 0.2) is 18.1 Å². The number of amides is 5. The second-order valence-corrected chi connectivity index (χ2v) is 14.2. The van der Waals surface area contributed by atoms with E-state index in [4.69, 9.17) is 9.47 Å². The van der Waals surface area contributed by atoms with Gasteiger partial charge >= 0.3 is 6.03 Å². The van der Waals surface area contributed by atoms with E-state index in [0.717, 1.165) is 22.7 Å². The van der Waals surface area contributed by atoms with Crippen molar-refractivity contribution in [2.75, 3.05) is 23.4 Å². The summed E-state index contributed by atoms with van der Waals surface area (Å²) in [5, 5.41) is 4.93. The van der Waals surface area contributed by atoms with Gasteiger partial charge in [0, 0.05) is 10.2 Å². The van der Waals surface area contributed by atoms with E-state index in [0.29, 0.717) is 21.4 Å². The van der Waals surface area contributed by atoms with Gasteiger partial charge in [-0.3, -0.25) is 19.7 Å². The predicted octanol–water partition coefficient (Wildman–Crippen LogP) is 7.14. The molecule has 1 aliphatic heterocycles. The van der Waals surface area contributed by atoms with E-state index in [1.165, 1.54) is 74.4 Å². The summed E-state index contributed by atoms with van der Waals surface area (Å²) >= 11 is 3.47. The lowest BCUT2D eigenvalue weighted by atomic mass is 9.48. The second kappa shape index (κ2) is 12.8. The number of hydrogen-bond donors (Lipinski definition) is 2. The number of anilines is 2. The number of benzene rings is 3. The number of nitrogens with one attached hydrogen (secondary N) is 2. The molecular formula is C37H35BrFN3O6. The van der Waals surface area contributed by atoms with Crippen LogP contribution in [-0.4, -0.2) is 37.0 Å². The Morgan fingerprint density at radius 2 is 1.58 bits per heavy atom. The van der Waals surface area contributed by atoms with Crippen molar-refractivity contribution >= 4 is 57.1 Å². The predicted molar refractivity (Wildman–Crippen MR) is 181 cm³/mol. The van der Waals surface area contributed by atoms with Crippen molar-refractivity contribution in [1.82, 2.24) is 5.32 Å². The molecule has 0 atom stereocenters. The van der Waals surface area contributed by atoms with Gasteiger partial charge in [-0.25, -0.2) is 14.1 Å². The summed E-state index contributed by atoms with van der Waals surface area (Å²) in [5.41, 5.74) is 2.45. The minimum atomic E-state index is -0.811. The first kappa shape index (κ1) is 32.1. The van der Waals surface area contributed by atoms with E-state index in [1.807, 2.05) is 12.1 Å². The SMILES string of the molecule is CCOc1cc(/C=C2\C(=O)NC(=O)N(c3ccc(C45CC6CC(CC(C6)C4)C5)cc3)C2=O)c(Br)cc1OCC(=O)Nc1ccc(F)cc1. The summed E-state index contributed by atoms with van der Waals surface area (Å²) in [5.74, 6) is 0.459. The third kappa shape index (κ3) is 6.23. The van der Waals surface area contributed by atoms with Crippen LogP contribution in [0.4, 0.5) is 20.6 Å². The number of barbiturate groups is 1. The van der Waals surface area contributed by atoms with Crippen LogP contribution in [0.2, 0.25) is 0 Å². The Balaban J connectivity index is 1.10. The van der Waals surface area contributed by atoms with E-state index in [-0.39, 0.29) is 35.7 Å². The lowest BCUT2D eigenvalue weighted by molar-refractivity contribution is -0.122. The summed E-state index contributed by atoms with van der Waals surface area (Å²) in [6.07, 6.45) is 9.03. The number of hydrogen-bond acceptors (Lipinski definition) is 6. The number of carbonyl (C=O) groups is 4. The van der Waals surface area contributed by atoms with Crippen LogP contribution in [0.5, 0.6) is 11.5 Å². The van der Waals surface area contributed by atoms with Crippen molar-refractivity contribution in [2.24, 2.45) is 17.8 Å². The molecule has 248 valence electrons. The van der Waals surface area contributed by atoms with Crippen LogP contribution in [0.25, 0.3) is 6.08 Å². The number of carbonyl (C=O) groups excluding carboxylic acids is 4. The monoisotopic (exact) mass is 715 g/mol. The van der Waals surface area contributed by atoms with Gasteiger partial charge in [-0.15, -0.1) is 0 Å². The number of ether oxygens (including phenoxy) is 2. The van der Waals surface area contributed by atoms with Gasteiger partial charge in [0.25, 0.3) is 17.7 Å². The lowest BCUT2D eigenvalue weighted by Gasteiger charge is -2.57. The maximum absolute atomic E-state index is 13.7. The molecule has 48 heavy (non-hydrogen) atoms. The zero-order valence-electron chi connectivity index (χ0n) is 26.4. The third-order valence-corrected chi connectivity index (χ3v) is 10.7. The van der Waals surface area contributed by atoms with Gasteiger partial charge < -0.3 is 14.8 Å². The number of rotatable bonds is 9. The molecule has 0 unspecified atom stereocenters. The molecule has 1 saturated heterocycles. The largest absolute Gasteiger partial charge is 0.490 e. The quantitative estimate of drug-likeness (QED) is 0.180. The molecule has 8 rings (SSSR count). The Morgan fingerprint density at radius 1 is 0.958 bits per heavy atom. The molecular weight excluding hydrogens is 681 g/mol. The van der Waals surface area contributed by atoms with Gasteiger partial charge in [-0.1, -0.05) is 28.1 Å². The summed E-state index contributed by atoms with van der Waals surface area (Å²) in [4.78, 5) is 53.1. The van der Waals surface area contributed by atoms with Gasteiger partial charge in [0.2, 0.25) is 0 Å². The Labute approximate surface area is 286 Å². The Kier molecular flexibility index (Phi) is 8.57. The molecule has 3 aromatic carbocycles. The zero-order chi connectivity index (χ0) is 33.6. The average Bonchev–Trinajstić information content (AvgIpc) is 3.04. The van der Waals surface area contributed by atoms with E-state index in [9.17, 15) is 23.6 Å². The maximum Gasteiger partial charge on any atom is 0.335 e. The van der Waals surface area contributed by atoms with Crippen LogP contribution in [0.15, 0.2) is 70.7 Å². The molecule has 4 saturated carbocycles. The average molecular weight is 717 g/mol. The Morgan fingerprint density at radius 3 is 2.21 bits per heavy atom. The molecule has 5 aliphatic rings. The van der Waals surface area contributed by atoms with Gasteiger partial charge in [-0.05, 0) is 134 Å². The fraction of sp³-hybridized carbons (Fsp3) is 0.351. The molecule has 3 aromatic rings. The summed E-state index contributed by atoms with van der Waals surface area (Å²) in [6.45, 7) is 1.70. The topological polar surface area (TPSA) is 114 Å². The second-order valence-electron chi connectivity index (χ2n) is 13.3. The van der Waals surface area contributed by atoms with Crippen LogP contribution in [-0.2, 0) is 19.8 Å². The van der Waals surface area contributed by atoms with Crippen molar-refractivity contribution in [3.63, 3.8) is 0 Å².